The average molecular weight is 502 g/mol. The molecule has 178 valence electrons. The summed E-state index contributed by atoms with van der Waals surface area (Å²) >= 11 is 6.11. The number of hydrogen-bond acceptors (Lipinski definition) is 6. The second kappa shape index (κ2) is 10.4. The number of carbonyl (C=O) groups excluding carboxylic acids is 1. The number of nitrogens with zero attached hydrogens (tertiary/aromatic N) is 1. The molecule has 0 unspecified atom stereocenters. The smallest absolute Gasteiger partial charge is 0.241 e. The maximum Gasteiger partial charge on any atom is 0.241 e. The van der Waals surface area contributed by atoms with Gasteiger partial charge in [0, 0.05) is 35.6 Å². The first kappa shape index (κ1) is 24.0. The third kappa shape index (κ3) is 6.06. The number of sulfonamides is 1. The van der Waals surface area contributed by atoms with Crippen molar-refractivity contribution in [3.63, 3.8) is 0 Å². The lowest BCUT2D eigenvalue weighted by molar-refractivity contribution is -0.115. The van der Waals surface area contributed by atoms with E-state index >= 15 is 0 Å². The number of amides is 1. The Kier molecular flexibility index (Phi) is 7.38. The Labute approximate surface area is 203 Å². The number of anilines is 2. The van der Waals surface area contributed by atoms with Crippen LogP contribution in [0.5, 0.6) is 11.5 Å². The largest absolute Gasteiger partial charge is 0.456 e. The van der Waals surface area contributed by atoms with Gasteiger partial charge in [0.2, 0.25) is 15.9 Å². The lowest BCUT2D eigenvalue weighted by Gasteiger charge is -2.29. The molecule has 10 heteroatoms. The number of primary sulfonamides is 1. The summed E-state index contributed by atoms with van der Waals surface area (Å²) in [6, 6.07) is 18.7. The standard InChI is InChI=1S/C24H24ClN3O5S/c25-21-7-2-1-4-17(21)14-24(29)27-18-8-9-22(23(15-18)34(26,30)31)33-20-6-3-5-19(16-20)28-10-12-32-13-11-28/h1-9,15-16H,10-14H2,(H,27,29)(H2,26,30,31). The van der Waals surface area contributed by atoms with Crippen LogP contribution in [0.3, 0.4) is 0 Å². The van der Waals surface area contributed by atoms with Crippen LogP contribution in [0.4, 0.5) is 11.4 Å². The molecule has 4 rings (SSSR count). The van der Waals surface area contributed by atoms with Crippen LogP contribution in [-0.2, 0) is 26.0 Å². The molecular weight excluding hydrogens is 478 g/mol. The molecule has 1 amide bonds. The molecule has 1 heterocycles. The third-order valence-electron chi connectivity index (χ3n) is 5.26. The van der Waals surface area contributed by atoms with E-state index in [-0.39, 0.29) is 28.7 Å². The van der Waals surface area contributed by atoms with Crippen molar-refractivity contribution >= 4 is 38.9 Å². The highest BCUT2D eigenvalue weighted by Crippen LogP contribution is 2.32. The maximum atomic E-state index is 12.5. The fourth-order valence-corrected chi connectivity index (χ4v) is 4.49. The van der Waals surface area contributed by atoms with Gasteiger partial charge in [-0.1, -0.05) is 35.9 Å². The SMILES string of the molecule is NS(=O)(=O)c1cc(NC(=O)Cc2ccccc2Cl)ccc1Oc1cccc(N2CCOCC2)c1. The monoisotopic (exact) mass is 501 g/mol. The van der Waals surface area contributed by atoms with Crippen LogP contribution in [0.1, 0.15) is 5.56 Å². The van der Waals surface area contributed by atoms with E-state index in [2.05, 4.69) is 10.2 Å². The molecular formula is C24H24ClN3O5S. The molecule has 3 aromatic rings. The normalized spacial score (nSPS) is 14.0. The Morgan fingerprint density at radius 3 is 2.56 bits per heavy atom. The topological polar surface area (TPSA) is 111 Å². The number of nitrogens with one attached hydrogen (secondary N) is 1. The lowest BCUT2D eigenvalue weighted by Crippen LogP contribution is -2.36. The Balaban J connectivity index is 1.53. The van der Waals surface area contributed by atoms with Gasteiger partial charge in [-0.3, -0.25) is 4.79 Å². The van der Waals surface area contributed by atoms with Crippen LogP contribution in [0.2, 0.25) is 5.02 Å². The zero-order valence-electron chi connectivity index (χ0n) is 18.2. The first-order valence-electron chi connectivity index (χ1n) is 10.6. The van der Waals surface area contributed by atoms with Gasteiger partial charge < -0.3 is 19.7 Å². The van der Waals surface area contributed by atoms with Crippen LogP contribution >= 0.6 is 11.6 Å². The third-order valence-corrected chi connectivity index (χ3v) is 6.57. The minimum Gasteiger partial charge on any atom is -0.456 e. The molecule has 0 spiro atoms. The van der Waals surface area contributed by atoms with Crippen LogP contribution in [0.25, 0.3) is 0 Å². The Morgan fingerprint density at radius 1 is 1.06 bits per heavy atom. The minimum atomic E-state index is -4.13. The highest BCUT2D eigenvalue weighted by atomic mass is 35.5. The van der Waals surface area contributed by atoms with E-state index in [1.807, 2.05) is 18.2 Å². The fourth-order valence-electron chi connectivity index (χ4n) is 3.60. The molecule has 1 fully saturated rings. The molecule has 0 saturated carbocycles. The van der Waals surface area contributed by atoms with E-state index in [1.54, 1.807) is 36.4 Å². The summed E-state index contributed by atoms with van der Waals surface area (Å²) in [7, 11) is -4.13. The van der Waals surface area contributed by atoms with E-state index in [9.17, 15) is 13.2 Å². The minimum absolute atomic E-state index is 0.0387. The van der Waals surface area contributed by atoms with Crippen molar-refractivity contribution in [2.45, 2.75) is 11.3 Å². The number of benzene rings is 3. The summed E-state index contributed by atoms with van der Waals surface area (Å²) < 4.78 is 35.8. The summed E-state index contributed by atoms with van der Waals surface area (Å²) in [4.78, 5) is 14.4. The van der Waals surface area contributed by atoms with Crippen LogP contribution in [-0.4, -0.2) is 40.6 Å². The first-order chi connectivity index (χ1) is 16.3. The van der Waals surface area contributed by atoms with Crippen molar-refractivity contribution in [2.24, 2.45) is 5.14 Å². The summed E-state index contributed by atoms with van der Waals surface area (Å²) in [5.74, 6) is 0.176. The zero-order chi connectivity index (χ0) is 24.1. The molecule has 0 radical (unpaired) electrons. The van der Waals surface area contributed by atoms with E-state index in [4.69, 9.17) is 26.2 Å². The highest BCUT2D eigenvalue weighted by molar-refractivity contribution is 7.89. The van der Waals surface area contributed by atoms with Crippen molar-refractivity contribution in [2.75, 3.05) is 36.5 Å². The fraction of sp³-hybridized carbons (Fsp3) is 0.208. The predicted octanol–water partition coefficient (Wildman–Crippen LogP) is 3.80. The van der Waals surface area contributed by atoms with Crippen molar-refractivity contribution in [3.05, 3.63) is 77.3 Å². The Morgan fingerprint density at radius 2 is 1.82 bits per heavy atom. The van der Waals surface area contributed by atoms with Gasteiger partial charge in [0.25, 0.3) is 0 Å². The number of rotatable bonds is 7. The molecule has 0 bridgehead atoms. The van der Waals surface area contributed by atoms with Crippen molar-refractivity contribution in [1.82, 2.24) is 0 Å². The van der Waals surface area contributed by atoms with Crippen molar-refractivity contribution in [3.8, 4) is 11.5 Å². The van der Waals surface area contributed by atoms with Gasteiger partial charge in [0.05, 0.1) is 19.6 Å². The van der Waals surface area contributed by atoms with Crippen LogP contribution < -0.4 is 20.1 Å². The Bertz CT molecular complexity index is 1290. The van der Waals surface area contributed by atoms with Crippen molar-refractivity contribution < 1.29 is 22.7 Å². The van der Waals surface area contributed by atoms with Gasteiger partial charge in [0.15, 0.2) is 0 Å². The average Bonchev–Trinajstić information content (AvgIpc) is 2.82. The first-order valence-corrected chi connectivity index (χ1v) is 12.5. The predicted molar refractivity (Wildman–Crippen MR) is 131 cm³/mol. The summed E-state index contributed by atoms with van der Waals surface area (Å²) in [6.07, 6.45) is 0.0387. The molecule has 1 saturated heterocycles. The summed E-state index contributed by atoms with van der Waals surface area (Å²) in [5, 5.41) is 8.60. The second-order valence-corrected chi connectivity index (χ2v) is 9.66. The molecule has 0 aromatic heterocycles. The van der Waals surface area contributed by atoms with E-state index in [1.165, 1.54) is 12.1 Å². The number of halogens is 1. The summed E-state index contributed by atoms with van der Waals surface area (Å²) in [5.41, 5.74) is 1.88. The number of morpholine rings is 1. The van der Waals surface area contributed by atoms with Gasteiger partial charge in [-0.15, -0.1) is 0 Å². The highest BCUT2D eigenvalue weighted by Gasteiger charge is 2.19. The number of carbonyl (C=O) groups is 1. The molecule has 3 N–H and O–H groups in total. The van der Waals surface area contributed by atoms with Gasteiger partial charge in [0.1, 0.15) is 16.4 Å². The van der Waals surface area contributed by atoms with E-state index in [0.717, 1.165) is 18.8 Å². The quantitative estimate of drug-likeness (QED) is 0.509. The molecule has 1 aliphatic heterocycles. The molecule has 3 aromatic carbocycles. The molecule has 8 nitrogen and oxygen atoms in total. The Hall–Kier alpha value is -3.11. The number of nitrogens with two attached hydrogens (primary N) is 1. The lowest BCUT2D eigenvalue weighted by atomic mass is 10.1. The van der Waals surface area contributed by atoms with Crippen LogP contribution in [0.15, 0.2) is 71.6 Å². The van der Waals surface area contributed by atoms with Crippen LogP contribution in [0, 0.1) is 0 Å². The molecule has 1 aliphatic rings. The molecule has 34 heavy (non-hydrogen) atoms. The zero-order valence-corrected chi connectivity index (χ0v) is 19.8. The van der Waals surface area contributed by atoms with Gasteiger partial charge in [-0.05, 0) is 42.0 Å². The van der Waals surface area contributed by atoms with E-state index < -0.39 is 10.0 Å². The summed E-state index contributed by atoms with van der Waals surface area (Å²) in [6.45, 7) is 2.80. The molecule has 0 aliphatic carbocycles. The molecule has 0 atom stereocenters. The van der Waals surface area contributed by atoms with Crippen molar-refractivity contribution in [1.29, 1.82) is 0 Å². The van der Waals surface area contributed by atoms with Gasteiger partial charge in [-0.2, -0.15) is 0 Å². The number of ether oxygens (including phenoxy) is 2. The maximum absolute atomic E-state index is 12.5. The van der Waals surface area contributed by atoms with Gasteiger partial charge in [-0.25, -0.2) is 13.6 Å². The second-order valence-electron chi connectivity index (χ2n) is 7.72. The van der Waals surface area contributed by atoms with E-state index in [0.29, 0.717) is 29.5 Å². The van der Waals surface area contributed by atoms with Gasteiger partial charge >= 0.3 is 0 Å². The number of hydrogen-bond donors (Lipinski definition) is 2.